The quantitative estimate of drug-likeness (QED) is 0.740. The standard InChI is InChI=1S/C22H28N2O3/c1-4-23-22(26)17(2)24(16-19-10-13-20(27-3)14-11-19)21(25)15-12-18-8-6-5-7-9-18/h5-11,13-14,17H,4,12,15-16H2,1-3H3,(H,23,26)/t17-/m1/s1. The Hall–Kier alpha value is -2.82. The molecule has 1 N–H and O–H groups in total. The number of benzene rings is 2. The van der Waals surface area contributed by atoms with Crippen LogP contribution in [0.15, 0.2) is 54.6 Å². The number of hydrogen-bond acceptors (Lipinski definition) is 3. The van der Waals surface area contributed by atoms with E-state index in [0.717, 1.165) is 16.9 Å². The van der Waals surface area contributed by atoms with Crippen LogP contribution in [0.3, 0.4) is 0 Å². The van der Waals surface area contributed by atoms with Crippen molar-refractivity contribution in [3.8, 4) is 5.75 Å². The Balaban J connectivity index is 2.11. The van der Waals surface area contributed by atoms with E-state index in [-0.39, 0.29) is 11.8 Å². The van der Waals surface area contributed by atoms with E-state index < -0.39 is 6.04 Å². The maximum Gasteiger partial charge on any atom is 0.242 e. The first kappa shape index (κ1) is 20.5. The molecule has 0 unspecified atom stereocenters. The molecule has 0 heterocycles. The summed E-state index contributed by atoms with van der Waals surface area (Å²) in [5.74, 6) is 0.588. The lowest BCUT2D eigenvalue weighted by atomic mass is 10.1. The molecule has 2 aromatic rings. The molecule has 0 aromatic heterocycles. The molecule has 0 aliphatic carbocycles. The van der Waals surface area contributed by atoms with Gasteiger partial charge in [-0.1, -0.05) is 42.5 Å². The molecule has 2 amide bonds. The number of methoxy groups -OCH3 is 1. The van der Waals surface area contributed by atoms with Crippen molar-refractivity contribution in [2.75, 3.05) is 13.7 Å². The van der Waals surface area contributed by atoms with E-state index in [1.54, 1.807) is 18.9 Å². The number of nitrogens with zero attached hydrogens (tertiary/aromatic N) is 1. The number of hydrogen-bond donors (Lipinski definition) is 1. The van der Waals surface area contributed by atoms with Gasteiger partial charge in [0.1, 0.15) is 11.8 Å². The normalized spacial score (nSPS) is 11.5. The average molecular weight is 368 g/mol. The Labute approximate surface area is 161 Å². The van der Waals surface area contributed by atoms with Gasteiger partial charge in [0.2, 0.25) is 11.8 Å². The average Bonchev–Trinajstić information content (AvgIpc) is 2.71. The zero-order chi connectivity index (χ0) is 19.6. The summed E-state index contributed by atoms with van der Waals surface area (Å²) in [6, 6.07) is 16.9. The Morgan fingerprint density at radius 1 is 1.04 bits per heavy atom. The highest BCUT2D eigenvalue weighted by Gasteiger charge is 2.25. The number of rotatable bonds is 9. The molecular formula is C22H28N2O3. The van der Waals surface area contributed by atoms with Gasteiger partial charge in [0.25, 0.3) is 0 Å². The van der Waals surface area contributed by atoms with Crippen molar-refractivity contribution in [3.05, 3.63) is 65.7 Å². The third-order valence-corrected chi connectivity index (χ3v) is 4.50. The van der Waals surface area contributed by atoms with Crippen LogP contribution in [0.2, 0.25) is 0 Å². The van der Waals surface area contributed by atoms with Crippen LogP contribution in [0.1, 0.15) is 31.4 Å². The van der Waals surface area contributed by atoms with Gasteiger partial charge in [0.05, 0.1) is 7.11 Å². The van der Waals surface area contributed by atoms with E-state index in [2.05, 4.69) is 5.32 Å². The summed E-state index contributed by atoms with van der Waals surface area (Å²) in [5, 5.41) is 2.81. The number of amides is 2. The predicted molar refractivity (Wildman–Crippen MR) is 106 cm³/mol. The number of carbonyl (C=O) groups excluding carboxylic acids is 2. The van der Waals surface area contributed by atoms with Crippen LogP contribution < -0.4 is 10.1 Å². The molecule has 144 valence electrons. The fourth-order valence-electron chi connectivity index (χ4n) is 2.87. The van der Waals surface area contributed by atoms with Gasteiger partial charge < -0.3 is 15.0 Å². The summed E-state index contributed by atoms with van der Waals surface area (Å²) >= 11 is 0. The molecule has 0 aliphatic rings. The highest BCUT2D eigenvalue weighted by molar-refractivity contribution is 5.87. The molecule has 0 saturated heterocycles. The van der Waals surface area contributed by atoms with Crippen molar-refractivity contribution >= 4 is 11.8 Å². The van der Waals surface area contributed by atoms with Crippen molar-refractivity contribution in [1.29, 1.82) is 0 Å². The van der Waals surface area contributed by atoms with Gasteiger partial charge in [-0.05, 0) is 43.5 Å². The van der Waals surface area contributed by atoms with Crippen molar-refractivity contribution in [1.82, 2.24) is 10.2 Å². The lowest BCUT2D eigenvalue weighted by molar-refractivity contribution is -0.140. The van der Waals surface area contributed by atoms with E-state index in [0.29, 0.717) is 25.9 Å². The lowest BCUT2D eigenvalue weighted by Gasteiger charge is -2.29. The third-order valence-electron chi connectivity index (χ3n) is 4.50. The van der Waals surface area contributed by atoms with Crippen molar-refractivity contribution < 1.29 is 14.3 Å². The second-order valence-corrected chi connectivity index (χ2v) is 6.43. The smallest absolute Gasteiger partial charge is 0.242 e. The summed E-state index contributed by atoms with van der Waals surface area (Å²) < 4.78 is 5.18. The SMILES string of the molecule is CCNC(=O)[C@@H](C)N(Cc1ccc(OC)cc1)C(=O)CCc1ccccc1. The number of nitrogens with one attached hydrogen (secondary N) is 1. The van der Waals surface area contributed by atoms with Crippen LogP contribution in [-0.4, -0.2) is 36.4 Å². The van der Waals surface area contributed by atoms with Crippen LogP contribution in [0.5, 0.6) is 5.75 Å². The van der Waals surface area contributed by atoms with Crippen LogP contribution in [0.4, 0.5) is 0 Å². The van der Waals surface area contributed by atoms with Gasteiger partial charge in [0, 0.05) is 19.5 Å². The number of ether oxygens (including phenoxy) is 1. The zero-order valence-electron chi connectivity index (χ0n) is 16.3. The molecular weight excluding hydrogens is 340 g/mol. The van der Waals surface area contributed by atoms with Gasteiger partial charge in [-0.3, -0.25) is 9.59 Å². The van der Waals surface area contributed by atoms with Gasteiger partial charge in [-0.2, -0.15) is 0 Å². The molecule has 5 heteroatoms. The minimum atomic E-state index is -0.532. The third kappa shape index (κ3) is 6.13. The molecule has 0 bridgehead atoms. The number of aryl methyl sites for hydroxylation is 1. The molecule has 2 rings (SSSR count). The fourth-order valence-corrected chi connectivity index (χ4v) is 2.87. The first-order valence-corrected chi connectivity index (χ1v) is 9.29. The fraction of sp³-hybridized carbons (Fsp3) is 0.364. The van der Waals surface area contributed by atoms with Crippen LogP contribution in [0.25, 0.3) is 0 Å². The number of likely N-dealkylation sites (N-methyl/N-ethyl adjacent to an activating group) is 1. The Morgan fingerprint density at radius 3 is 2.30 bits per heavy atom. The second kappa shape index (κ2) is 10.4. The molecule has 0 fully saturated rings. The van der Waals surface area contributed by atoms with Gasteiger partial charge in [0.15, 0.2) is 0 Å². The molecule has 5 nitrogen and oxygen atoms in total. The molecule has 1 atom stereocenters. The lowest BCUT2D eigenvalue weighted by Crippen LogP contribution is -2.47. The second-order valence-electron chi connectivity index (χ2n) is 6.43. The van der Waals surface area contributed by atoms with Crippen molar-refractivity contribution in [3.63, 3.8) is 0 Å². The largest absolute Gasteiger partial charge is 0.497 e. The molecule has 2 aromatic carbocycles. The summed E-state index contributed by atoms with van der Waals surface area (Å²) in [4.78, 5) is 26.9. The minimum absolute atomic E-state index is 0.0339. The van der Waals surface area contributed by atoms with E-state index in [1.165, 1.54) is 0 Å². The summed E-state index contributed by atoms with van der Waals surface area (Å²) in [7, 11) is 1.62. The first-order valence-electron chi connectivity index (χ1n) is 9.29. The molecule has 0 saturated carbocycles. The monoisotopic (exact) mass is 368 g/mol. The maximum atomic E-state index is 12.9. The number of carbonyl (C=O) groups is 2. The summed E-state index contributed by atoms with van der Waals surface area (Å²) in [6.07, 6.45) is 1.02. The highest BCUT2D eigenvalue weighted by Crippen LogP contribution is 2.16. The van der Waals surface area contributed by atoms with E-state index >= 15 is 0 Å². The molecule has 0 aliphatic heterocycles. The van der Waals surface area contributed by atoms with E-state index in [1.807, 2.05) is 61.5 Å². The van der Waals surface area contributed by atoms with Crippen molar-refractivity contribution in [2.24, 2.45) is 0 Å². The predicted octanol–water partition coefficient (Wildman–Crippen LogP) is 3.18. The Morgan fingerprint density at radius 2 is 1.70 bits per heavy atom. The highest BCUT2D eigenvalue weighted by atomic mass is 16.5. The van der Waals surface area contributed by atoms with Gasteiger partial charge in [-0.15, -0.1) is 0 Å². The first-order chi connectivity index (χ1) is 13.0. The maximum absolute atomic E-state index is 12.9. The summed E-state index contributed by atoms with van der Waals surface area (Å²) in [6.45, 7) is 4.57. The van der Waals surface area contributed by atoms with Crippen molar-refractivity contribution in [2.45, 2.75) is 39.3 Å². The Bertz CT molecular complexity index is 729. The molecule has 0 spiro atoms. The van der Waals surface area contributed by atoms with Crippen LogP contribution in [0, 0.1) is 0 Å². The summed E-state index contributed by atoms with van der Waals surface area (Å²) in [5.41, 5.74) is 2.07. The molecule has 27 heavy (non-hydrogen) atoms. The van der Waals surface area contributed by atoms with Crippen LogP contribution in [-0.2, 0) is 22.6 Å². The van der Waals surface area contributed by atoms with Gasteiger partial charge >= 0.3 is 0 Å². The molecule has 0 radical (unpaired) electrons. The minimum Gasteiger partial charge on any atom is -0.497 e. The topological polar surface area (TPSA) is 58.6 Å². The van der Waals surface area contributed by atoms with E-state index in [9.17, 15) is 9.59 Å². The van der Waals surface area contributed by atoms with Crippen LogP contribution >= 0.6 is 0 Å². The Kier molecular flexibility index (Phi) is 7.86. The van der Waals surface area contributed by atoms with Gasteiger partial charge in [-0.25, -0.2) is 0 Å². The zero-order valence-corrected chi connectivity index (χ0v) is 16.3. The van der Waals surface area contributed by atoms with E-state index in [4.69, 9.17) is 4.74 Å².